The molecule has 2 aromatic rings. The first-order valence-corrected chi connectivity index (χ1v) is 8.91. The molecule has 1 heterocycles. The van der Waals surface area contributed by atoms with Crippen LogP contribution in [0.25, 0.3) is 10.9 Å². The monoisotopic (exact) mass is 342 g/mol. The number of para-hydroxylation sites is 1. The minimum Gasteiger partial charge on any atom is -0.369 e. The third kappa shape index (κ3) is 4.36. The van der Waals surface area contributed by atoms with E-state index in [1.165, 1.54) is 0 Å². The zero-order valence-electron chi connectivity index (χ0n) is 14.4. The van der Waals surface area contributed by atoms with Gasteiger partial charge in [0.15, 0.2) is 0 Å². The lowest BCUT2D eigenvalue weighted by atomic mass is 9.82. The van der Waals surface area contributed by atoms with Crippen LogP contribution >= 0.6 is 0 Å². The van der Waals surface area contributed by atoms with Gasteiger partial charge in [0.2, 0.25) is 11.9 Å². The topological polar surface area (TPSA) is 119 Å². The number of fused-ring (bicyclic) bond motifs is 1. The summed E-state index contributed by atoms with van der Waals surface area (Å²) >= 11 is 0. The first-order chi connectivity index (χ1) is 12.2. The predicted octanol–water partition coefficient (Wildman–Crippen LogP) is 1.70. The molecule has 0 aliphatic heterocycles. The molecule has 134 valence electrons. The highest BCUT2D eigenvalue weighted by atomic mass is 16.1. The number of hydrogen-bond acceptors (Lipinski definition) is 6. The first kappa shape index (κ1) is 17.4. The molecule has 7 nitrogen and oxygen atoms in total. The van der Waals surface area contributed by atoms with E-state index in [1.807, 2.05) is 24.3 Å². The minimum atomic E-state index is -0.167. The Kier molecular flexibility index (Phi) is 5.65. The molecule has 0 radical (unpaired) electrons. The van der Waals surface area contributed by atoms with Gasteiger partial charge in [0.05, 0.1) is 5.52 Å². The van der Waals surface area contributed by atoms with Gasteiger partial charge in [0.1, 0.15) is 5.82 Å². The van der Waals surface area contributed by atoms with Crippen LogP contribution in [0.1, 0.15) is 25.7 Å². The standard InChI is InChI=1S/C18H26N6O/c19-9-10-21-17-14-3-1-2-4-15(14)23-18(24-17)22-11-12-5-7-13(8-6-12)16(20)25/h1-4,12-13H,5-11,19H2,(H2,20,25)(H2,21,22,23,24). The van der Waals surface area contributed by atoms with Crippen LogP contribution in [0.2, 0.25) is 0 Å². The Morgan fingerprint density at radius 2 is 1.88 bits per heavy atom. The van der Waals surface area contributed by atoms with Crippen molar-refractivity contribution in [1.29, 1.82) is 0 Å². The second-order valence-electron chi connectivity index (χ2n) is 6.63. The van der Waals surface area contributed by atoms with Crippen molar-refractivity contribution in [3.05, 3.63) is 24.3 Å². The summed E-state index contributed by atoms with van der Waals surface area (Å²) < 4.78 is 0. The van der Waals surface area contributed by atoms with Crippen LogP contribution in [-0.2, 0) is 4.79 Å². The second kappa shape index (κ2) is 8.11. The Balaban J connectivity index is 1.66. The van der Waals surface area contributed by atoms with Crippen LogP contribution in [0.3, 0.4) is 0 Å². The van der Waals surface area contributed by atoms with Crippen molar-refractivity contribution in [2.75, 3.05) is 30.3 Å². The predicted molar refractivity (Wildman–Crippen MR) is 100 cm³/mol. The molecule has 6 N–H and O–H groups in total. The fourth-order valence-corrected chi connectivity index (χ4v) is 3.37. The zero-order valence-corrected chi connectivity index (χ0v) is 14.4. The summed E-state index contributed by atoms with van der Waals surface area (Å²) in [6, 6.07) is 7.93. The number of hydrogen-bond donors (Lipinski definition) is 4. The molecule has 0 unspecified atom stereocenters. The molecule has 0 atom stereocenters. The number of rotatable bonds is 7. The van der Waals surface area contributed by atoms with E-state index in [0.29, 0.717) is 25.0 Å². The quantitative estimate of drug-likeness (QED) is 0.608. The van der Waals surface area contributed by atoms with Crippen LogP contribution in [0.15, 0.2) is 24.3 Å². The van der Waals surface area contributed by atoms with E-state index in [-0.39, 0.29) is 11.8 Å². The van der Waals surface area contributed by atoms with Crippen LogP contribution in [0, 0.1) is 11.8 Å². The Bertz CT molecular complexity index is 727. The van der Waals surface area contributed by atoms with Gasteiger partial charge in [-0.05, 0) is 43.7 Å². The van der Waals surface area contributed by atoms with E-state index in [1.54, 1.807) is 0 Å². The van der Waals surface area contributed by atoms with Gasteiger partial charge in [-0.2, -0.15) is 4.98 Å². The van der Waals surface area contributed by atoms with Crippen LogP contribution < -0.4 is 22.1 Å². The van der Waals surface area contributed by atoms with Crippen molar-refractivity contribution in [3.8, 4) is 0 Å². The number of aromatic nitrogens is 2. The highest BCUT2D eigenvalue weighted by Gasteiger charge is 2.24. The van der Waals surface area contributed by atoms with Crippen molar-refractivity contribution in [2.24, 2.45) is 23.3 Å². The number of benzene rings is 1. The van der Waals surface area contributed by atoms with Crippen LogP contribution in [0.5, 0.6) is 0 Å². The van der Waals surface area contributed by atoms with Crippen molar-refractivity contribution in [1.82, 2.24) is 9.97 Å². The van der Waals surface area contributed by atoms with Gasteiger partial charge in [-0.1, -0.05) is 12.1 Å². The SMILES string of the molecule is NCCNc1nc(NCC2CCC(C(N)=O)CC2)nc2ccccc12. The molecule has 0 spiro atoms. The summed E-state index contributed by atoms with van der Waals surface area (Å²) in [7, 11) is 0. The Hall–Kier alpha value is -2.41. The number of nitrogens with two attached hydrogens (primary N) is 2. The lowest BCUT2D eigenvalue weighted by Crippen LogP contribution is -2.29. The van der Waals surface area contributed by atoms with E-state index in [2.05, 4.69) is 20.6 Å². The first-order valence-electron chi connectivity index (χ1n) is 8.91. The van der Waals surface area contributed by atoms with E-state index in [4.69, 9.17) is 11.5 Å². The highest BCUT2D eigenvalue weighted by molar-refractivity contribution is 5.90. The molecule has 1 saturated carbocycles. The lowest BCUT2D eigenvalue weighted by molar-refractivity contribution is -0.122. The molecule has 1 aromatic heterocycles. The summed E-state index contributed by atoms with van der Waals surface area (Å²) in [6.07, 6.45) is 3.77. The van der Waals surface area contributed by atoms with Gasteiger partial charge >= 0.3 is 0 Å². The lowest BCUT2D eigenvalue weighted by Gasteiger charge is -2.26. The number of carbonyl (C=O) groups excluding carboxylic acids is 1. The molecule has 1 fully saturated rings. The maximum absolute atomic E-state index is 11.3. The Labute approximate surface area is 147 Å². The van der Waals surface area contributed by atoms with Crippen molar-refractivity contribution < 1.29 is 4.79 Å². The van der Waals surface area contributed by atoms with E-state index < -0.39 is 0 Å². The summed E-state index contributed by atoms with van der Waals surface area (Å²) in [5.41, 5.74) is 11.9. The van der Waals surface area contributed by atoms with Crippen molar-refractivity contribution in [2.45, 2.75) is 25.7 Å². The van der Waals surface area contributed by atoms with Crippen LogP contribution in [0.4, 0.5) is 11.8 Å². The fourth-order valence-electron chi connectivity index (χ4n) is 3.37. The summed E-state index contributed by atoms with van der Waals surface area (Å²) in [5, 5.41) is 7.61. The number of carbonyl (C=O) groups is 1. The van der Waals surface area contributed by atoms with Gasteiger partial charge in [0, 0.05) is 30.9 Å². The van der Waals surface area contributed by atoms with E-state index in [0.717, 1.165) is 48.9 Å². The van der Waals surface area contributed by atoms with Crippen molar-refractivity contribution in [3.63, 3.8) is 0 Å². The number of nitrogens with one attached hydrogen (secondary N) is 2. The van der Waals surface area contributed by atoms with E-state index >= 15 is 0 Å². The number of nitrogens with zero attached hydrogens (tertiary/aromatic N) is 2. The largest absolute Gasteiger partial charge is 0.369 e. The maximum Gasteiger partial charge on any atom is 0.225 e. The molecule has 1 aromatic carbocycles. The average molecular weight is 342 g/mol. The van der Waals surface area contributed by atoms with Crippen LogP contribution in [-0.4, -0.2) is 35.5 Å². The van der Waals surface area contributed by atoms with Crippen molar-refractivity contribution >= 4 is 28.6 Å². The highest BCUT2D eigenvalue weighted by Crippen LogP contribution is 2.29. The third-order valence-electron chi connectivity index (χ3n) is 4.84. The molecule has 25 heavy (non-hydrogen) atoms. The molecule has 1 aliphatic carbocycles. The Morgan fingerprint density at radius 3 is 2.60 bits per heavy atom. The molecule has 0 bridgehead atoms. The summed E-state index contributed by atoms with van der Waals surface area (Å²) in [4.78, 5) is 20.5. The number of anilines is 2. The molecule has 1 amide bonds. The summed E-state index contributed by atoms with van der Waals surface area (Å²) in [6.45, 7) is 2.02. The molecule has 3 rings (SSSR count). The van der Waals surface area contributed by atoms with Gasteiger partial charge in [-0.3, -0.25) is 4.79 Å². The number of primary amides is 1. The van der Waals surface area contributed by atoms with Gasteiger partial charge in [-0.25, -0.2) is 4.98 Å². The molecule has 7 heteroatoms. The smallest absolute Gasteiger partial charge is 0.225 e. The molecular formula is C18H26N6O. The van der Waals surface area contributed by atoms with E-state index in [9.17, 15) is 4.79 Å². The molecular weight excluding hydrogens is 316 g/mol. The fraction of sp³-hybridized carbons (Fsp3) is 0.500. The van der Waals surface area contributed by atoms with Gasteiger partial charge in [-0.15, -0.1) is 0 Å². The molecule has 0 saturated heterocycles. The average Bonchev–Trinajstić information content (AvgIpc) is 2.64. The molecule has 1 aliphatic rings. The summed E-state index contributed by atoms with van der Waals surface area (Å²) in [5.74, 6) is 1.82. The third-order valence-corrected chi connectivity index (χ3v) is 4.84. The van der Waals surface area contributed by atoms with Gasteiger partial charge < -0.3 is 22.1 Å². The maximum atomic E-state index is 11.3. The van der Waals surface area contributed by atoms with Gasteiger partial charge in [0.25, 0.3) is 0 Å². The number of amides is 1. The second-order valence-corrected chi connectivity index (χ2v) is 6.63. The zero-order chi connectivity index (χ0) is 17.6. The minimum absolute atomic E-state index is 0.0419. The normalized spacial score (nSPS) is 20.4. The Morgan fingerprint density at radius 1 is 1.12 bits per heavy atom.